The summed E-state index contributed by atoms with van der Waals surface area (Å²) >= 11 is 0. The predicted molar refractivity (Wildman–Crippen MR) is 111 cm³/mol. The van der Waals surface area contributed by atoms with Crippen LogP contribution < -0.4 is 5.32 Å². The summed E-state index contributed by atoms with van der Waals surface area (Å²) in [4.78, 5) is 33.1. The molecule has 6 nitrogen and oxygen atoms in total. The Morgan fingerprint density at radius 1 is 0.786 bits per heavy atom. The van der Waals surface area contributed by atoms with Crippen molar-refractivity contribution in [1.29, 1.82) is 0 Å². The number of rotatable bonds is 19. The van der Waals surface area contributed by atoms with Crippen molar-refractivity contribution < 1.29 is 24.6 Å². The monoisotopic (exact) mass is 397 g/mol. The molecule has 0 aliphatic heterocycles. The summed E-state index contributed by atoms with van der Waals surface area (Å²) in [6.45, 7) is 2.24. The van der Waals surface area contributed by atoms with Crippen LogP contribution in [0.2, 0.25) is 0 Å². The smallest absolute Gasteiger partial charge is 0.326 e. The third-order valence-electron chi connectivity index (χ3n) is 4.74. The fraction of sp³-hybridized carbons (Fsp3) is 0.773. The molecule has 0 bridgehead atoms. The molecule has 0 aromatic heterocycles. The van der Waals surface area contributed by atoms with E-state index in [1.54, 1.807) is 6.08 Å². The lowest BCUT2D eigenvalue weighted by Gasteiger charge is -2.10. The quantitative estimate of drug-likeness (QED) is 0.209. The Kier molecular flexibility index (Phi) is 17.3. The zero-order valence-electron chi connectivity index (χ0n) is 17.5. The average molecular weight is 398 g/mol. The maximum absolute atomic E-state index is 11.6. The van der Waals surface area contributed by atoms with Gasteiger partial charge in [0, 0.05) is 0 Å². The second-order valence-corrected chi connectivity index (χ2v) is 7.43. The summed E-state index contributed by atoms with van der Waals surface area (Å²) in [6.07, 6.45) is 19.9. The van der Waals surface area contributed by atoms with Crippen molar-refractivity contribution in [2.24, 2.45) is 0 Å². The van der Waals surface area contributed by atoms with Crippen molar-refractivity contribution in [2.45, 2.75) is 109 Å². The SMILES string of the molecule is CCCCCCCCCCCCCCCC=CC(=O)N[C@@H](CC(=O)O)C(=O)O. The molecule has 3 N–H and O–H groups in total. The molecule has 0 aliphatic carbocycles. The van der Waals surface area contributed by atoms with E-state index in [0.717, 1.165) is 19.3 Å². The van der Waals surface area contributed by atoms with Crippen LogP contribution in [0.3, 0.4) is 0 Å². The number of carboxylic acid groups (broad SMARTS) is 2. The molecule has 0 aromatic carbocycles. The standard InChI is InChI=1S/C22H39NO5/c1-2-3-4-5-6-7-8-9-10-11-12-13-14-15-16-17-20(24)23-19(22(27)28)18-21(25)26/h16-17,19H,2-15,18H2,1H3,(H,23,24)(H,25,26)(H,27,28)/t19-/m0/s1. The Bertz CT molecular complexity index is 462. The van der Waals surface area contributed by atoms with Gasteiger partial charge in [0.15, 0.2) is 0 Å². The fourth-order valence-corrected chi connectivity index (χ4v) is 3.06. The highest BCUT2D eigenvalue weighted by molar-refractivity contribution is 5.92. The number of unbranched alkanes of at least 4 members (excludes halogenated alkanes) is 13. The highest BCUT2D eigenvalue weighted by atomic mass is 16.4. The molecule has 0 radical (unpaired) electrons. The number of hydrogen-bond acceptors (Lipinski definition) is 3. The van der Waals surface area contributed by atoms with Gasteiger partial charge in [-0.1, -0.05) is 90.0 Å². The van der Waals surface area contributed by atoms with Gasteiger partial charge in [0.1, 0.15) is 6.04 Å². The molecule has 1 amide bonds. The van der Waals surface area contributed by atoms with Gasteiger partial charge in [-0.25, -0.2) is 4.79 Å². The molecule has 0 rings (SSSR count). The molecule has 0 fully saturated rings. The van der Waals surface area contributed by atoms with E-state index in [0.29, 0.717) is 0 Å². The summed E-state index contributed by atoms with van der Waals surface area (Å²) < 4.78 is 0. The van der Waals surface area contributed by atoms with Crippen LogP contribution in [-0.2, 0) is 14.4 Å². The van der Waals surface area contributed by atoms with Crippen molar-refractivity contribution in [3.63, 3.8) is 0 Å². The van der Waals surface area contributed by atoms with E-state index in [-0.39, 0.29) is 0 Å². The zero-order valence-corrected chi connectivity index (χ0v) is 17.5. The molecular weight excluding hydrogens is 358 g/mol. The van der Waals surface area contributed by atoms with Gasteiger partial charge in [-0.3, -0.25) is 9.59 Å². The summed E-state index contributed by atoms with van der Waals surface area (Å²) in [7, 11) is 0. The van der Waals surface area contributed by atoms with Crippen molar-refractivity contribution in [2.75, 3.05) is 0 Å². The van der Waals surface area contributed by atoms with Crippen LogP contribution in [0, 0.1) is 0 Å². The molecule has 0 unspecified atom stereocenters. The minimum absolute atomic E-state index is 0.566. The Labute approximate surface area is 169 Å². The van der Waals surface area contributed by atoms with Crippen LogP contribution in [0.1, 0.15) is 103 Å². The minimum atomic E-state index is -1.40. The first-order valence-corrected chi connectivity index (χ1v) is 10.9. The van der Waals surface area contributed by atoms with Crippen molar-refractivity contribution >= 4 is 17.8 Å². The van der Waals surface area contributed by atoms with Crippen LogP contribution in [-0.4, -0.2) is 34.1 Å². The first kappa shape index (κ1) is 26.1. The van der Waals surface area contributed by atoms with Gasteiger partial charge in [0.2, 0.25) is 5.91 Å². The Morgan fingerprint density at radius 3 is 1.68 bits per heavy atom. The molecule has 0 aromatic rings. The second kappa shape index (κ2) is 18.5. The van der Waals surface area contributed by atoms with Gasteiger partial charge in [0.05, 0.1) is 6.42 Å². The maximum Gasteiger partial charge on any atom is 0.326 e. The first-order valence-electron chi connectivity index (χ1n) is 10.9. The third-order valence-corrected chi connectivity index (χ3v) is 4.74. The number of carboxylic acids is 2. The minimum Gasteiger partial charge on any atom is -0.481 e. The van der Waals surface area contributed by atoms with E-state index in [1.165, 1.54) is 76.7 Å². The third kappa shape index (κ3) is 17.6. The van der Waals surface area contributed by atoms with E-state index in [9.17, 15) is 14.4 Å². The van der Waals surface area contributed by atoms with Gasteiger partial charge in [-0.15, -0.1) is 0 Å². The van der Waals surface area contributed by atoms with Crippen LogP contribution >= 0.6 is 0 Å². The Hall–Kier alpha value is -1.85. The number of allylic oxidation sites excluding steroid dienone is 1. The molecule has 28 heavy (non-hydrogen) atoms. The van der Waals surface area contributed by atoms with E-state index in [1.807, 2.05) is 0 Å². The zero-order chi connectivity index (χ0) is 21.0. The van der Waals surface area contributed by atoms with Gasteiger partial charge < -0.3 is 15.5 Å². The predicted octanol–water partition coefficient (Wildman–Crippen LogP) is 5.07. The molecular formula is C22H39NO5. The fourth-order valence-electron chi connectivity index (χ4n) is 3.06. The first-order chi connectivity index (χ1) is 13.5. The lowest BCUT2D eigenvalue weighted by molar-refractivity contribution is -0.146. The van der Waals surface area contributed by atoms with Crippen molar-refractivity contribution in [3.05, 3.63) is 12.2 Å². The molecule has 1 atom stereocenters. The largest absolute Gasteiger partial charge is 0.481 e. The van der Waals surface area contributed by atoms with E-state index in [2.05, 4.69) is 12.2 Å². The van der Waals surface area contributed by atoms with Crippen LogP contribution in [0.25, 0.3) is 0 Å². The van der Waals surface area contributed by atoms with Crippen LogP contribution in [0.5, 0.6) is 0 Å². The number of aliphatic carboxylic acids is 2. The van der Waals surface area contributed by atoms with E-state index < -0.39 is 30.3 Å². The number of carbonyl (C=O) groups excluding carboxylic acids is 1. The number of nitrogens with one attached hydrogen (secondary N) is 1. The molecule has 0 aliphatic rings. The van der Waals surface area contributed by atoms with Crippen molar-refractivity contribution in [1.82, 2.24) is 5.32 Å². The van der Waals surface area contributed by atoms with Gasteiger partial charge >= 0.3 is 11.9 Å². The van der Waals surface area contributed by atoms with Gasteiger partial charge in [-0.05, 0) is 18.9 Å². The Balaban J connectivity index is 3.53. The highest BCUT2D eigenvalue weighted by Crippen LogP contribution is 2.13. The lowest BCUT2D eigenvalue weighted by Crippen LogP contribution is -2.41. The molecule has 162 valence electrons. The highest BCUT2D eigenvalue weighted by Gasteiger charge is 2.21. The summed E-state index contributed by atoms with van der Waals surface area (Å²) in [5, 5.41) is 19.7. The number of hydrogen-bond donors (Lipinski definition) is 3. The normalized spacial score (nSPS) is 12.2. The summed E-state index contributed by atoms with van der Waals surface area (Å²) in [5.74, 6) is -3.17. The maximum atomic E-state index is 11.6. The molecule has 0 saturated carbocycles. The van der Waals surface area contributed by atoms with E-state index in [4.69, 9.17) is 10.2 Å². The molecule has 0 saturated heterocycles. The molecule has 0 spiro atoms. The van der Waals surface area contributed by atoms with Gasteiger partial charge in [-0.2, -0.15) is 0 Å². The van der Waals surface area contributed by atoms with Crippen LogP contribution in [0.4, 0.5) is 0 Å². The van der Waals surface area contributed by atoms with E-state index >= 15 is 0 Å². The van der Waals surface area contributed by atoms with Crippen molar-refractivity contribution in [3.8, 4) is 0 Å². The molecule has 0 heterocycles. The summed E-state index contributed by atoms with van der Waals surface area (Å²) in [6, 6.07) is -1.40. The molecule has 6 heteroatoms. The number of amides is 1. The summed E-state index contributed by atoms with van der Waals surface area (Å²) in [5.41, 5.74) is 0. The lowest BCUT2D eigenvalue weighted by atomic mass is 10.0. The van der Waals surface area contributed by atoms with Crippen LogP contribution in [0.15, 0.2) is 12.2 Å². The number of carbonyl (C=O) groups is 3. The van der Waals surface area contributed by atoms with Gasteiger partial charge in [0.25, 0.3) is 0 Å². The topological polar surface area (TPSA) is 104 Å². The average Bonchev–Trinajstić information content (AvgIpc) is 2.64. The second-order valence-electron chi connectivity index (χ2n) is 7.43. The Morgan fingerprint density at radius 2 is 1.25 bits per heavy atom.